The second-order valence-electron chi connectivity index (χ2n) is 8.44. The Hall–Kier alpha value is -3.72. The van der Waals surface area contributed by atoms with Crippen LogP contribution in [0.3, 0.4) is 0 Å². The molecule has 2 aromatic carbocycles. The van der Waals surface area contributed by atoms with Crippen LogP contribution < -0.4 is 11.0 Å². The topological polar surface area (TPSA) is 107 Å². The average Bonchev–Trinajstić information content (AvgIpc) is 3.44. The van der Waals surface area contributed by atoms with Crippen molar-refractivity contribution in [3.8, 4) is 0 Å². The Morgan fingerprint density at radius 3 is 2.73 bits per heavy atom. The number of imidazole rings is 1. The van der Waals surface area contributed by atoms with Gasteiger partial charge in [0.15, 0.2) is 0 Å². The van der Waals surface area contributed by atoms with Gasteiger partial charge in [0.1, 0.15) is 5.82 Å². The highest BCUT2D eigenvalue weighted by Gasteiger charge is 2.25. The number of H-pyrrole nitrogens is 2. The van der Waals surface area contributed by atoms with Gasteiger partial charge in [0.2, 0.25) is 5.76 Å². The van der Waals surface area contributed by atoms with Crippen molar-refractivity contribution in [2.75, 3.05) is 13.1 Å². The van der Waals surface area contributed by atoms with E-state index in [1.807, 2.05) is 18.2 Å². The molecule has 0 atom stereocenters. The van der Waals surface area contributed by atoms with Crippen molar-refractivity contribution >= 4 is 16.9 Å². The van der Waals surface area contributed by atoms with Crippen molar-refractivity contribution in [3.05, 3.63) is 87.4 Å². The number of hydrogen-bond donors (Lipinski definition) is 3. The smallest absolute Gasteiger partial charge is 0.323 e. The minimum atomic E-state index is -0.333. The maximum atomic E-state index is 13.4. The van der Waals surface area contributed by atoms with E-state index in [4.69, 9.17) is 4.52 Å². The number of fused-ring (bicyclic) bond motifs is 1. The molecule has 1 aliphatic rings. The van der Waals surface area contributed by atoms with Crippen LogP contribution in [0.1, 0.15) is 46.1 Å². The lowest BCUT2D eigenvalue weighted by atomic mass is 9.93. The quantitative estimate of drug-likeness (QED) is 0.419. The zero-order valence-corrected chi connectivity index (χ0v) is 17.9. The number of hydrogen-bond acceptors (Lipinski definition) is 5. The predicted molar refractivity (Wildman–Crippen MR) is 120 cm³/mol. The highest BCUT2D eigenvalue weighted by Crippen LogP contribution is 2.28. The minimum absolute atomic E-state index is 0.184. The van der Waals surface area contributed by atoms with Crippen molar-refractivity contribution in [2.45, 2.75) is 31.8 Å². The third-order valence-electron chi connectivity index (χ3n) is 6.09. The van der Waals surface area contributed by atoms with E-state index in [1.54, 1.807) is 24.3 Å². The number of carbonyl (C=O) groups is 1. The summed E-state index contributed by atoms with van der Waals surface area (Å²) in [5.41, 5.74) is 3.76. The molecule has 0 saturated carbocycles. The number of likely N-dealkylation sites (tertiary alicyclic amines) is 1. The number of nitrogens with zero attached hydrogens (tertiary/aromatic N) is 2. The molecule has 2 aromatic heterocycles. The molecule has 0 unspecified atom stereocenters. The first-order chi connectivity index (χ1) is 16.0. The summed E-state index contributed by atoms with van der Waals surface area (Å²) in [6.45, 7) is 2.77. The molecule has 1 saturated heterocycles. The molecular weight excluding hydrogens is 425 g/mol. The van der Waals surface area contributed by atoms with Crippen molar-refractivity contribution < 1.29 is 13.7 Å². The second kappa shape index (κ2) is 9.03. The predicted octanol–water partition coefficient (Wildman–Crippen LogP) is 3.29. The Labute approximate surface area is 188 Å². The Bertz CT molecular complexity index is 1330. The molecule has 0 bridgehead atoms. The number of amides is 1. The van der Waals surface area contributed by atoms with Gasteiger partial charge in [-0.2, -0.15) is 0 Å². The molecule has 8 nitrogen and oxygen atoms in total. The number of nitrogens with one attached hydrogen (secondary N) is 3. The molecule has 1 fully saturated rings. The number of piperidine rings is 1. The minimum Gasteiger partial charge on any atom is -0.351 e. The van der Waals surface area contributed by atoms with Crippen LogP contribution in [0.4, 0.5) is 4.39 Å². The molecule has 0 aliphatic carbocycles. The molecule has 1 aliphatic heterocycles. The number of benzene rings is 2. The van der Waals surface area contributed by atoms with E-state index in [-0.39, 0.29) is 29.1 Å². The zero-order valence-electron chi connectivity index (χ0n) is 17.9. The van der Waals surface area contributed by atoms with E-state index in [2.05, 4.69) is 25.3 Å². The van der Waals surface area contributed by atoms with Crippen LogP contribution in [0.2, 0.25) is 0 Å². The third-order valence-corrected chi connectivity index (χ3v) is 6.09. The summed E-state index contributed by atoms with van der Waals surface area (Å²) >= 11 is 0. The summed E-state index contributed by atoms with van der Waals surface area (Å²) in [5.74, 6) is -0.133. The number of aromatic amines is 2. The van der Waals surface area contributed by atoms with Gasteiger partial charge >= 0.3 is 5.69 Å². The molecule has 1 amide bonds. The zero-order chi connectivity index (χ0) is 22.8. The Kier molecular flexibility index (Phi) is 5.78. The second-order valence-corrected chi connectivity index (χ2v) is 8.44. The Morgan fingerprint density at radius 2 is 1.91 bits per heavy atom. The summed E-state index contributed by atoms with van der Waals surface area (Å²) in [7, 11) is 0. The van der Waals surface area contributed by atoms with Crippen molar-refractivity contribution in [2.24, 2.45) is 0 Å². The number of carbonyl (C=O) groups excluding carboxylic acids is 1. The van der Waals surface area contributed by atoms with Crippen LogP contribution in [-0.4, -0.2) is 39.0 Å². The Morgan fingerprint density at radius 1 is 1.09 bits per heavy atom. The van der Waals surface area contributed by atoms with Crippen molar-refractivity contribution in [1.82, 2.24) is 25.3 Å². The summed E-state index contributed by atoms with van der Waals surface area (Å²) in [4.78, 5) is 31.6. The van der Waals surface area contributed by atoms with E-state index in [9.17, 15) is 14.0 Å². The summed E-state index contributed by atoms with van der Waals surface area (Å²) in [6, 6.07) is 13.9. The lowest BCUT2D eigenvalue weighted by molar-refractivity contribution is 0.0913. The molecule has 9 heteroatoms. The molecule has 3 N–H and O–H groups in total. The van der Waals surface area contributed by atoms with Gasteiger partial charge in [0.25, 0.3) is 5.91 Å². The summed E-state index contributed by atoms with van der Waals surface area (Å²) < 4.78 is 18.7. The molecule has 4 aromatic rings. The normalized spacial score (nSPS) is 15.2. The SMILES string of the molecule is O=C(NCc1ccc2[nH]c(=O)[nH]c2c1)c1cc(C2CCN(Cc3cccc(F)c3)CC2)no1. The van der Waals surface area contributed by atoms with E-state index in [1.165, 1.54) is 6.07 Å². The summed E-state index contributed by atoms with van der Waals surface area (Å²) in [6.07, 6.45) is 1.80. The maximum absolute atomic E-state index is 13.4. The van der Waals surface area contributed by atoms with Crippen LogP contribution in [0.25, 0.3) is 11.0 Å². The van der Waals surface area contributed by atoms with Gasteiger partial charge in [-0.05, 0) is 61.3 Å². The fraction of sp³-hybridized carbons (Fsp3) is 0.292. The van der Waals surface area contributed by atoms with E-state index in [0.29, 0.717) is 12.1 Å². The van der Waals surface area contributed by atoms with Gasteiger partial charge in [-0.3, -0.25) is 9.69 Å². The molecule has 33 heavy (non-hydrogen) atoms. The first-order valence-corrected chi connectivity index (χ1v) is 11.0. The van der Waals surface area contributed by atoms with E-state index >= 15 is 0 Å². The van der Waals surface area contributed by atoms with Gasteiger partial charge in [-0.1, -0.05) is 23.4 Å². The first-order valence-electron chi connectivity index (χ1n) is 11.0. The van der Waals surface area contributed by atoms with Gasteiger partial charge in [0.05, 0.1) is 16.7 Å². The monoisotopic (exact) mass is 449 g/mol. The highest BCUT2D eigenvalue weighted by atomic mass is 19.1. The van der Waals surface area contributed by atoms with E-state index < -0.39 is 0 Å². The fourth-order valence-electron chi connectivity index (χ4n) is 4.33. The molecule has 3 heterocycles. The molecule has 5 rings (SSSR count). The fourth-order valence-corrected chi connectivity index (χ4v) is 4.33. The number of aromatic nitrogens is 3. The number of rotatable bonds is 6. The number of halogens is 1. The van der Waals surface area contributed by atoms with Crippen LogP contribution in [0.15, 0.2) is 57.8 Å². The lowest BCUT2D eigenvalue weighted by Crippen LogP contribution is -2.32. The standard InChI is InChI=1S/C24H24FN5O3/c25-18-3-1-2-16(10-18)14-30-8-6-17(7-9-30)20-12-22(33-29-20)23(31)26-13-15-4-5-19-21(11-15)28-24(32)27-19/h1-5,10-12,17H,6-9,13-14H2,(H,26,31)(H2,27,28,32). The van der Waals surface area contributed by atoms with Gasteiger partial charge in [0, 0.05) is 25.1 Å². The first kappa shape index (κ1) is 21.1. The average molecular weight is 449 g/mol. The lowest BCUT2D eigenvalue weighted by Gasteiger charge is -2.31. The molecular formula is C24H24FN5O3. The van der Waals surface area contributed by atoms with Gasteiger partial charge in [-0.15, -0.1) is 0 Å². The largest absolute Gasteiger partial charge is 0.351 e. The van der Waals surface area contributed by atoms with Crippen LogP contribution in [0.5, 0.6) is 0 Å². The molecule has 170 valence electrons. The third kappa shape index (κ3) is 4.88. The highest BCUT2D eigenvalue weighted by molar-refractivity contribution is 5.91. The van der Waals surface area contributed by atoms with Gasteiger partial charge < -0.3 is 19.8 Å². The van der Waals surface area contributed by atoms with Crippen molar-refractivity contribution in [3.63, 3.8) is 0 Å². The van der Waals surface area contributed by atoms with Crippen molar-refractivity contribution in [1.29, 1.82) is 0 Å². The van der Waals surface area contributed by atoms with Crippen LogP contribution >= 0.6 is 0 Å². The molecule has 0 spiro atoms. The van der Waals surface area contributed by atoms with Crippen LogP contribution in [0, 0.1) is 5.82 Å². The van der Waals surface area contributed by atoms with Crippen LogP contribution in [-0.2, 0) is 13.1 Å². The summed E-state index contributed by atoms with van der Waals surface area (Å²) in [5, 5.41) is 6.96. The Balaban J connectivity index is 1.14. The molecule has 0 radical (unpaired) electrons. The van der Waals surface area contributed by atoms with E-state index in [0.717, 1.165) is 54.8 Å². The van der Waals surface area contributed by atoms with Gasteiger partial charge in [-0.25, -0.2) is 9.18 Å². The maximum Gasteiger partial charge on any atom is 0.323 e.